The molecule has 1 aromatic rings. The van der Waals surface area contributed by atoms with Crippen LogP contribution >= 0.6 is 12.4 Å². The fraction of sp³-hybridized carbons (Fsp3) is 0.571. The summed E-state index contributed by atoms with van der Waals surface area (Å²) in [6.45, 7) is 4.35. The molecule has 0 saturated carbocycles. The molecule has 3 N–H and O–H groups in total. The van der Waals surface area contributed by atoms with Gasteiger partial charge in [0.1, 0.15) is 5.82 Å². The number of benzene rings is 1. The van der Waals surface area contributed by atoms with Crippen LogP contribution < -0.4 is 5.73 Å². The van der Waals surface area contributed by atoms with Gasteiger partial charge in [0.15, 0.2) is 0 Å². The Morgan fingerprint density at radius 3 is 1.75 bits per heavy atom. The molecule has 0 aliphatic rings. The highest BCUT2D eigenvalue weighted by atomic mass is 35.5. The molecule has 24 heavy (non-hydrogen) atoms. The van der Waals surface area contributed by atoms with E-state index in [0.29, 0.717) is 0 Å². The number of hydrogen-bond acceptors (Lipinski definition) is 2. The molecule has 0 bridgehead atoms. The molecule has 0 aliphatic heterocycles. The standard InChI is InChI=1S/C14H16F7NO.ClH/c1-12(2,3)11(23)10(22)9-7(14(19,20)21)4-6(5-8(9)15)13(16,17)18;/h4-5,10-11,23H,22H2,1-3H3;1H/t10-,11-;/m1./s1. The van der Waals surface area contributed by atoms with Gasteiger partial charge in [0.05, 0.1) is 23.3 Å². The summed E-state index contributed by atoms with van der Waals surface area (Å²) in [4.78, 5) is 0. The second kappa shape index (κ2) is 7.05. The van der Waals surface area contributed by atoms with Gasteiger partial charge in [-0.2, -0.15) is 26.3 Å². The maximum atomic E-state index is 14.0. The fourth-order valence-corrected chi connectivity index (χ4v) is 2.05. The summed E-state index contributed by atoms with van der Waals surface area (Å²) in [5.74, 6) is -1.76. The van der Waals surface area contributed by atoms with Crippen molar-refractivity contribution in [1.29, 1.82) is 0 Å². The second-order valence-corrected chi connectivity index (χ2v) is 6.25. The highest BCUT2D eigenvalue weighted by Crippen LogP contribution is 2.42. The quantitative estimate of drug-likeness (QED) is 0.728. The molecule has 1 rings (SSSR count). The SMILES string of the molecule is CC(C)(C)[C@H](O)[C@H](N)c1c(F)cc(C(F)(F)F)cc1C(F)(F)F.Cl. The minimum absolute atomic E-state index is 0. The zero-order valence-electron chi connectivity index (χ0n) is 12.9. The Morgan fingerprint density at radius 2 is 1.42 bits per heavy atom. The molecule has 10 heteroatoms. The third kappa shape index (κ3) is 4.97. The van der Waals surface area contributed by atoms with E-state index in [1.165, 1.54) is 20.8 Å². The lowest BCUT2D eigenvalue weighted by atomic mass is 9.81. The molecular weight excluding hydrogens is 367 g/mol. The first-order valence-corrected chi connectivity index (χ1v) is 6.48. The van der Waals surface area contributed by atoms with Crippen molar-refractivity contribution < 1.29 is 35.8 Å². The summed E-state index contributed by atoms with van der Waals surface area (Å²) in [6, 6.07) is -2.10. The van der Waals surface area contributed by atoms with Crippen LogP contribution in [0.25, 0.3) is 0 Å². The molecule has 0 radical (unpaired) electrons. The molecule has 2 nitrogen and oxygen atoms in total. The Hall–Kier alpha value is -1.06. The third-order valence-corrected chi connectivity index (χ3v) is 3.32. The van der Waals surface area contributed by atoms with Gasteiger partial charge in [-0.15, -0.1) is 12.4 Å². The summed E-state index contributed by atoms with van der Waals surface area (Å²) >= 11 is 0. The maximum Gasteiger partial charge on any atom is 0.416 e. The molecule has 0 fully saturated rings. The molecule has 0 spiro atoms. The van der Waals surface area contributed by atoms with E-state index in [4.69, 9.17) is 5.73 Å². The average Bonchev–Trinajstić information content (AvgIpc) is 2.32. The number of nitrogens with two attached hydrogens (primary N) is 1. The zero-order valence-corrected chi connectivity index (χ0v) is 13.7. The zero-order chi connectivity index (χ0) is 18.4. The van der Waals surface area contributed by atoms with Gasteiger partial charge in [0.2, 0.25) is 0 Å². The first kappa shape index (κ1) is 22.9. The van der Waals surface area contributed by atoms with Crippen LogP contribution in [0.2, 0.25) is 0 Å². The van der Waals surface area contributed by atoms with Gasteiger partial charge in [0.25, 0.3) is 0 Å². The van der Waals surface area contributed by atoms with Gasteiger partial charge in [-0.1, -0.05) is 20.8 Å². The summed E-state index contributed by atoms with van der Waals surface area (Å²) < 4.78 is 90.9. The van der Waals surface area contributed by atoms with E-state index in [0.717, 1.165) is 0 Å². The van der Waals surface area contributed by atoms with E-state index in [2.05, 4.69) is 0 Å². The number of rotatable bonds is 2. The predicted octanol–water partition coefficient (Wildman–Crippen LogP) is 4.69. The molecule has 0 aromatic heterocycles. The van der Waals surface area contributed by atoms with Crippen LogP contribution in [-0.2, 0) is 12.4 Å². The lowest BCUT2D eigenvalue weighted by molar-refractivity contribution is -0.144. The number of aliphatic hydroxyl groups excluding tert-OH is 1. The van der Waals surface area contributed by atoms with E-state index in [-0.39, 0.29) is 24.5 Å². The van der Waals surface area contributed by atoms with Crippen molar-refractivity contribution in [2.45, 2.75) is 45.3 Å². The van der Waals surface area contributed by atoms with Gasteiger partial charge in [-0.05, 0) is 17.5 Å². The van der Waals surface area contributed by atoms with Crippen LogP contribution in [0.15, 0.2) is 12.1 Å². The van der Waals surface area contributed by atoms with Crippen molar-refractivity contribution in [1.82, 2.24) is 0 Å². The highest BCUT2D eigenvalue weighted by Gasteiger charge is 2.43. The van der Waals surface area contributed by atoms with E-state index in [1.807, 2.05) is 0 Å². The molecule has 0 saturated heterocycles. The topological polar surface area (TPSA) is 46.2 Å². The van der Waals surface area contributed by atoms with Gasteiger partial charge < -0.3 is 10.8 Å². The largest absolute Gasteiger partial charge is 0.416 e. The summed E-state index contributed by atoms with van der Waals surface area (Å²) in [5.41, 5.74) is -0.300. The fourth-order valence-electron chi connectivity index (χ4n) is 2.05. The lowest BCUT2D eigenvalue weighted by Crippen LogP contribution is -2.38. The molecule has 0 unspecified atom stereocenters. The molecular formula is C14H17ClF7NO. The van der Waals surface area contributed by atoms with Crippen LogP contribution in [0.3, 0.4) is 0 Å². The number of hydrogen-bond donors (Lipinski definition) is 2. The Morgan fingerprint density at radius 1 is 0.958 bits per heavy atom. The van der Waals surface area contributed by atoms with Crippen LogP contribution in [0, 0.1) is 11.2 Å². The van der Waals surface area contributed by atoms with Gasteiger partial charge in [-0.25, -0.2) is 4.39 Å². The van der Waals surface area contributed by atoms with E-state index < -0.39 is 52.4 Å². The van der Waals surface area contributed by atoms with Gasteiger partial charge >= 0.3 is 12.4 Å². The number of aliphatic hydroxyl groups is 1. The minimum Gasteiger partial charge on any atom is -0.391 e. The van der Waals surface area contributed by atoms with Gasteiger partial charge in [0, 0.05) is 5.56 Å². The predicted molar refractivity (Wildman–Crippen MR) is 76.0 cm³/mol. The average molecular weight is 384 g/mol. The Balaban J connectivity index is 0.00000529. The molecule has 0 amide bonds. The Labute approximate surface area is 140 Å². The minimum atomic E-state index is -5.26. The van der Waals surface area contributed by atoms with Crippen LogP contribution in [0.4, 0.5) is 30.7 Å². The smallest absolute Gasteiger partial charge is 0.391 e. The summed E-state index contributed by atoms with van der Waals surface area (Å²) in [7, 11) is 0. The first-order valence-electron chi connectivity index (χ1n) is 6.48. The van der Waals surface area contributed by atoms with Crippen molar-refractivity contribution in [3.8, 4) is 0 Å². The Bertz CT molecular complexity index is 578. The van der Waals surface area contributed by atoms with Crippen molar-refractivity contribution in [3.05, 3.63) is 34.6 Å². The number of halogens is 8. The lowest BCUT2D eigenvalue weighted by Gasteiger charge is -2.32. The normalized spacial score (nSPS) is 15.7. The second-order valence-electron chi connectivity index (χ2n) is 6.25. The van der Waals surface area contributed by atoms with Gasteiger partial charge in [-0.3, -0.25) is 0 Å². The summed E-state index contributed by atoms with van der Waals surface area (Å²) in [6.07, 6.45) is -12.0. The van der Waals surface area contributed by atoms with Crippen molar-refractivity contribution in [2.75, 3.05) is 0 Å². The van der Waals surface area contributed by atoms with E-state index in [9.17, 15) is 35.8 Å². The Kier molecular flexibility index (Phi) is 6.74. The number of alkyl halides is 6. The van der Waals surface area contributed by atoms with E-state index in [1.54, 1.807) is 0 Å². The van der Waals surface area contributed by atoms with Crippen molar-refractivity contribution >= 4 is 12.4 Å². The van der Waals surface area contributed by atoms with Crippen LogP contribution in [-0.4, -0.2) is 11.2 Å². The molecule has 0 heterocycles. The monoisotopic (exact) mass is 383 g/mol. The van der Waals surface area contributed by atoms with Crippen molar-refractivity contribution in [2.24, 2.45) is 11.1 Å². The van der Waals surface area contributed by atoms with Crippen molar-refractivity contribution in [3.63, 3.8) is 0 Å². The van der Waals surface area contributed by atoms with Crippen LogP contribution in [0.1, 0.15) is 43.5 Å². The highest BCUT2D eigenvalue weighted by molar-refractivity contribution is 5.85. The third-order valence-electron chi connectivity index (χ3n) is 3.32. The molecule has 2 atom stereocenters. The van der Waals surface area contributed by atoms with E-state index >= 15 is 0 Å². The molecule has 1 aromatic carbocycles. The molecule has 140 valence electrons. The first-order chi connectivity index (χ1) is 10.1. The van der Waals surface area contributed by atoms with Crippen LogP contribution in [0.5, 0.6) is 0 Å². The maximum absolute atomic E-state index is 14.0. The summed E-state index contributed by atoms with van der Waals surface area (Å²) in [5, 5.41) is 9.97. The molecule has 0 aliphatic carbocycles.